The van der Waals surface area contributed by atoms with Gasteiger partial charge in [0, 0.05) is 10.6 Å². The average molecular weight is 359 g/mol. The van der Waals surface area contributed by atoms with Crippen LogP contribution in [-0.4, -0.2) is 15.7 Å². The second-order valence-electron chi connectivity index (χ2n) is 5.85. The van der Waals surface area contributed by atoms with Crippen LogP contribution in [0.3, 0.4) is 0 Å². The number of hydrogen-bond acceptors (Lipinski definition) is 2. The fourth-order valence-electron chi connectivity index (χ4n) is 2.72. The maximum Gasteiger partial charge on any atom is 0.100 e. The minimum atomic E-state index is -1.14. The summed E-state index contributed by atoms with van der Waals surface area (Å²) in [5, 5.41) is 0. The van der Waals surface area contributed by atoms with E-state index in [9.17, 15) is 4.21 Å². The van der Waals surface area contributed by atoms with E-state index in [0.29, 0.717) is 5.75 Å². The largest absolute Gasteiger partial charge is 0.276 e. The van der Waals surface area contributed by atoms with Crippen LogP contribution < -0.4 is 0 Å². The van der Waals surface area contributed by atoms with Crippen LogP contribution in [0.15, 0.2) is 114 Å². The van der Waals surface area contributed by atoms with Crippen molar-refractivity contribution in [1.29, 1.82) is 0 Å². The van der Waals surface area contributed by atoms with Gasteiger partial charge in [-0.05, 0) is 29.3 Å². The summed E-state index contributed by atoms with van der Waals surface area (Å²) in [5.74, 6) is 0.351. The van der Waals surface area contributed by atoms with E-state index in [4.69, 9.17) is 4.99 Å². The number of hydrogen-bond donors (Lipinski definition) is 0. The van der Waals surface area contributed by atoms with E-state index < -0.39 is 10.8 Å². The molecular formula is C23H21NOS. The fourth-order valence-corrected chi connectivity index (χ4v) is 3.81. The molecule has 1 atom stereocenters. The first-order chi connectivity index (χ1) is 12.8. The molecule has 0 fully saturated rings. The molecule has 0 aromatic heterocycles. The zero-order valence-corrected chi connectivity index (χ0v) is 15.3. The quantitative estimate of drug-likeness (QED) is 0.532. The van der Waals surface area contributed by atoms with Gasteiger partial charge in [-0.2, -0.15) is 0 Å². The van der Waals surface area contributed by atoms with Crippen LogP contribution in [0.1, 0.15) is 17.2 Å². The highest BCUT2D eigenvalue weighted by atomic mass is 32.2. The fraction of sp³-hybridized carbons (Fsp3) is 0.0870. The summed E-state index contributed by atoms with van der Waals surface area (Å²) in [6.07, 6.45) is 1.71. The molecule has 0 heterocycles. The van der Waals surface area contributed by atoms with Gasteiger partial charge in [0.25, 0.3) is 0 Å². The van der Waals surface area contributed by atoms with Crippen LogP contribution in [0.2, 0.25) is 0 Å². The molecule has 0 N–H and O–H groups in total. The van der Waals surface area contributed by atoms with Gasteiger partial charge in [0.15, 0.2) is 0 Å². The van der Waals surface area contributed by atoms with E-state index in [1.807, 2.05) is 66.7 Å². The van der Waals surface area contributed by atoms with Crippen molar-refractivity contribution in [2.75, 3.05) is 5.75 Å². The van der Waals surface area contributed by atoms with Crippen molar-refractivity contribution in [1.82, 2.24) is 0 Å². The standard InChI is InChI=1S/C23H21NOS/c1-2-21(18-26(25)22-16-10-5-11-17-22)24-23(19-12-6-3-7-13-19)20-14-8-4-9-15-20/h2-17,23H,1,18H2. The van der Waals surface area contributed by atoms with Gasteiger partial charge in [0.2, 0.25) is 0 Å². The highest BCUT2D eigenvalue weighted by molar-refractivity contribution is 7.85. The lowest BCUT2D eigenvalue weighted by Gasteiger charge is -2.15. The lowest BCUT2D eigenvalue weighted by molar-refractivity contribution is 0.685. The second kappa shape index (κ2) is 9.07. The third-order valence-corrected chi connectivity index (χ3v) is 5.40. The van der Waals surface area contributed by atoms with Crippen molar-refractivity contribution in [2.45, 2.75) is 10.9 Å². The van der Waals surface area contributed by atoms with E-state index >= 15 is 0 Å². The molecule has 0 aliphatic carbocycles. The first-order valence-electron chi connectivity index (χ1n) is 8.50. The molecule has 26 heavy (non-hydrogen) atoms. The molecule has 3 rings (SSSR count). The lowest BCUT2D eigenvalue weighted by atomic mass is 9.99. The van der Waals surface area contributed by atoms with Crippen LogP contribution in [0.25, 0.3) is 0 Å². The van der Waals surface area contributed by atoms with Crippen molar-refractivity contribution in [3.8, 4) is 0 Å². The predicted molar refractivity (Wildman–Crippen MR) is 110 cm³/mol. The Morgan fingerprint density at radius 1 is 0.846 bits per heavy atom. The Labute approximate surface area is 157 Å². The smallest absolute Gasteiger partial charge is 0.100 e. The Balaban J connectivity index is 1.92. The molecule has 1 unspecified atom stereocenters. The number of allylic oxidation sites excluding steroid dienone is 1. The average Bonchev–Trinajstić information content (AvgIpc) is 2.73. The van der Waals surface area contributed by atoms with E-state index in [-0.39, 0.29) is 6.04 Å². The minimum absolute atomic E-state index is 0.141. The Bertz CT molecular complexity index is 850. The topological polar surface area (TPSA) is 29.4 Å². The van der Waals surface area contributed by atoms with Crippen LogP contribution >= 0.6 is 0 Å². The number of aliphatic imine (C=N–C) groups is 1. The van der Waals surface area contributed by atoms with Crippen molar-refractivity contribution in [3.05, 3.63) is 115 Å². The molecule has 0 bridgehead atoms. The second-order valence-corrected chi connectivity index (χ2v) is 7.30. The SMILES string of the molecule is C=CC(CS(=O)c1ccccc1)=NC(c1ccccc1)c1ccccc1. The summed E-state index contributed by atoms with van der Waals surface area (Å²) in [5.41, 5.74) is 2.94. The number of benzene rings is 3. The molecule has 2 nitrogen and oxygen atoms in total. The molecule has 0 aliphatic heterocycles. The summed E-state index contributed by atoms with van der Waals surface area (Å²) in [4.78, 5) is 5.71. The van der Waals surface area contributed by atoms with Crippen molar-refractivity contribution < 1.29 is 4.21 Å². The number of rotatable bonds is 7. The molecule has 3 heteroatoms. The molecular weight excluding hydrogens is 338 g/mol. The van der Waals surface area contributed by atoms with Gasteiger partial charge in [-0.15, -0.1) is 0 Å². The lowest BCUT2D eigenvalue weighted by Crippen LogP contribution is -2.11. The van der Waals surface area contributed by atoms with Crippen LogP contribution in [0, 0.1) is 0 Å². The molecule has 0 saturated heterocycles. The van der Waals surface area contributed by atoms with E-state index in [1.54, 1.807) is 6.08 Å². The molecule has 3 aromatic carbocycles. The van der Waals surface area contributed by atoms with Crippen LogP contribution in [0.5, 0.6) is 0 Å². The minimum Gasteiger partial charge on any atom is -0.276 e. The summed E-state index contributed by atoms with van der Waals surface area (Å²) in [6.45, 7) is 3.88. The van der Waals surface area contributed by atoms with Gasteiger partial charge in [-0.1, -0.05) is 85.4 Å². The van der Waals surface area contributed by atoms with Gasteiger partial charge >= 0.3 is 0 Å². The van der Waals surface area contributed by atoms with Crippen molar-refractivity contribution in [3.63, 3.8) is 0 Å². The van der Waals surface area contributed by atoms with E-state index in [1.165, 1.54) is 0 Å². The van der Waals surface area contributed by atoms with Crippen LogP contribution in [-0.2, 0) is 10.8 Å². The van der Waals surface area contributed by atoms with Crippen molar-refractivity contribution in [2.24, 2.45) is 4.99 Å². The molecule has 3 aromatic rings. The van der Waals surface area contributed by atoms with Crippen LogP contribution in [0.4, 0.5) is 0 Å². The Hall–Kier alpha value is -2.78. The Morgan fingerprint density at radius 2 is 1.31 bits per heavy atom. The summed E-state index contributed by atoms with van der Waals surface area (Å²) >= 11 is 0. The van der Waals surface area contributed by atoms with E-state index in [0.717, 1.165) is 21.7 Å². The highest BCUT2D eigenvalue weighted by Crippen LogP contribution is 2.26. The Morgan fingerprint density at radius 3 is 1.77 bits per heavy atom. The summed E-state index contributed by atoms with van der Waals surface area (Å²) in [7, 11) is -1.14. The third-order valence-electron chi connectivity index (χ3n) is 4.05. The monoisotopic (exact) mass is 359 g/mol. The van der Waals surface area contributed by atoms with Gasteiger partial charge in [0.1, 0.15) is 6.04 Å². The molecule has 0 spiro atoms. The zero-order chi connectivity index (χ0) is 18.2. The first-order valence-corrected chi connectivity index (χ1v) is 9.82. The predicted octanol–water partition coefficient (Wildman–Crippen LogP) is 5.21. The Kier molecular flexibility index (Phi) is 6.29. The molecule has 0 amide bonds. The van der Waals surface area contributed by atoms with E-state index in [2.05, 4.69) is 30.8 Å². The molecule has 0 radical (unpaired) electrons. The zero-order valence-electron chi connectivity index (χ0n) is 14.5. The normalized spacial score (nSPS) is 12.7. The maximum absolute atomic E-state index is 12.7. The summed E-state index contributed by atoms with van der Waals surface area (Å²) in [6, 6.07) is 29.6. The molecule has 0 aliphatic rings. The van der Waals surface area contributed by atoms with Gasteiger partial charge in [0.05, 0.1) is 16.6 Å². The number of nitrogens with zero attached hydrogens (tertiary/aromatic N) is 1. The highest BCUT2D eigenvalue weighted by Gasteiger charge is 2.14. The van der Waals surface area contributed by atoms with Gasteiger partial charge in [-0.25, -0.2) is 0 Å². The van der Waals surface area contributed by atoms with Gasteiger partial charge < -0.3 is 0 Å². The molecule has 0 saturated carbocycles. The maximum atomic E-state index is 12.7. The molecule has 130 valence electrons. The third kappa shape index (κ3) is 4.64. The summed E-state index contributed by atoms with van der Waals surface area (Å²) < 4.78 is 12.7. The van der Waals surface area contributed by atoms with Crippen molar-refractivity contribution >= 4 is 16.5 Å². The first kappa shape index (κ1) is 18.0. The van der Waals surface area contributed by atoms with Gasteiger partial charge in [-0.3, -0.25) is 9.20 Å².